The number of aromatic nitrogens is 1. The molecule has 0 atom stereocenters. The second-order valence-corrected chi connectivity index (χ2v) is 11.5. The Bertz CT molecular complexity index is 1760. The maximum Gasteiger partial charge on any atom is 0.272 e. The number of carbonyl (C=O) groups excluding carboxylic acids is 3. The lowest BCUT2D eigenvalue weighted by atomic mass is 10.1. The minimum atomic E-state index is -0.503. The van der Waals surface area contributed by atoms with Gasteiger partial charge in [0.2, 0.25) is 5.91 Å². The van der Waals surface area contributed by atoms with Crippen molar-refractivity contribution in [3.63, 3.8) is 0 Å². The number of anilines is 2. The summed E-state index contributed by atoms with van der Waals surface area (Å²) >= 11 is 8.71. The van der Waals surface area contributed by atoms with Gasteiger partial charge in [-0.05, 0) is 54.1 Å². The molecule has 7 nitrogen and oxygen atoms in total. The number of carbonyl (C=O) groups is 3. The van der Waals surface area contributed by atoms with Gasteiger partial charge in [-0.15, -0.1) is 23.1 Å². The highest BCUT2D eigenvalue weighted by Gasteiger charge is 2.16. The van der Waals surface area contributed by atoms with E-state index in [4.69, 9.17) is 11.6 Å². The van der Waals surface area contributed by atoms with E-state index in [0.717, 1.165) is 16.2 Å². The summed E-state index contributed by atoms with van der Waals surface area (Å²) < 4.78 is 0. The molecule has 0 unspecified atom stereocenters. The van der Waals surface area contributed by atoms with Gasteiger partial charge >= 0.3 is 0 Å². The zero-order valence-corrected chi connectivity index (χ0v) is 25.0. The van der Waals surface area contributed by atoms with Gasteiger partial charge in [0.1, 0.15) is 5.70 Å². The molecular weight excluding hydrogens is 600 g/mol. The molecular formula is C33H25ClN4O3S2. The molecule has 3 amide bonds. The number of hydrogen-bond donors (Lipinski definition) is 3. The first-order valence-corrected chi connectivity index (χ1v) is 15.4. The minimum absolute atomic E-state index is 0.0620. The third-order valence-corrected chi connectivity index (χ3v) is 8.00. The van der Waals surface area contributed by atoms with Gasteiger partial charge < -0.3 is 16.0 Å². The Hall–Kier alpha value is -4.70. The summed E-state index contributed by atoms with van der Waals surface area (Å²) in [6, 6.07) is 32.5. The fourth-order valence-corrected chi connectivity index (χ4v) is 5.52. The Labute approximate surface area is 262 Å². The summed E-state index contributed by atoms with van der Waals surface area (Å²) in [5.74, 6) is -0.948. The highest BCUT2D eigenvalue weighted by molar-refractivity contribution is 8.00. The lowest BCUT2D eigenvalue weighted by Gasteiger charge is -2.12. The van der Waals surface area contributed by atoms with Crippen LogP contribution in [0.25, 0.3) is 17.3 Å². The lowest BCUT2D eigenvalue weighted by Crippen LogP contribution is -2.30. The number of thioether (sulfide) groups is 1. The van der Waals surface area contributed by atoms with E-state index in [1.165, 1.54) is 23.1 Å². The zero-order valence-electron chi connectivity index (χ0n) is 22.6. The summed E-state index contributed by atoms with van der Waals surface area (Å²) in [4.78, 5) is 44.1. The summed E-state index contributed by atoms with van der Waals surface area (Å²) in [6.07, 6.45) is 1.58. The molecule has 0 fully saturated rings. The second-order valence-electron chi connectivity index (χ2n) is 9.15. The number of nitrogens with one attached hydrogen (secondary N) is 3. The van der Waals surface area contributed by atoms with E-state index in [-0.39, 0.29) is 17.4 Å². The Morgan fingerprint density at radius 3 is 2.30 bits per heavy atom. The Morgan fingerprint density at radius 1 is 0.837 bits per heavy atom. The van der Waals surface area contributed by atoms with Crippen LogP contribution in [0.5, 0.6) is 0 Å². The summed E-state index contributed by atoms with van der Waals surface area (Å²) in [5, 5.41) is 11.4. The zero-order chi connectivity index (χ0) is 30.0. The minimum Gasteiger partial charge on any atom is -0.321 e. The number of hydrogen-bond acceptors (Lipinski definition) is 6. The fraction of sp³-hybridized carbons (Fsp3) is 0.0303. The van der Waals surface area contributed by atoms with Gasteiger partial charge in [-0.1, -0.05) is 78.3 Å². The van der Waals surface area contributed by atoms with Crippen molar-refractivity contribution in [2.24, 2.45) is 0 Å². The molecule has 3 N–H and O–H groups in total. The molecule has 5 aromatic rings. The monoisotopic (exact) mass is 624 g/mol. The quantitative estimate of drug-likeness (QED) is 0.110. The van der Waals surface area contributed by atoms with Crippen molar-refractivity contribution in [1.29, 1.82) is 0 Å². The van der Waals surface area contributed by atoms with Crippen molar-refractivity contribution in [2.45, 2.75) is 4.90 Å². The summed E-state index contributed by atoms with van der Waals surface area (Å²) in [6.45, 7) is 0. The van der Waals surface area contributed by atoms with Crippen LogP contribution in [0.1, 0.15) is 15.9 Å². The molecule has 0 aliphatic carbocycles. The number of halogens is 1. The van der Waals surface area contributed by atoms with Gasteiger partial charge in [-0.25, -0.2) is 4.98 Å². The largest absolute Gasteiger partial charge is 0.321 e. The standard InChI is InChI=1S/C33H25ClN4O3S2/c34-25-16-14-22(15-17-25)18-28(36-31(40)24-10-5-2-6-11-24)32(41)35-26-12-7-13-27(19-26)42-21-30(39)38-33-37-29(20-43-33)23-8-3-1-4-9-23/h1-20H,21H2,(H,35,41)(H,36,40)(H,37,38,39)/b28-18-. The van der Waals surface area contributed by atoms with E-state index in [0.29, 0.717) is 27.0 Å². The number of benzene rings is 4. The molecule has 0 aliphatic rings. The molecule has 0 radical (unpaired) electrons. The molecule has 10 heteroatoms. The molecule has 43 heavy (non-hydrogen) atoms. The third kappa shape index (κ3) is 8.65. The van der Waals surface area contributed by atoms with Crippen molar-refractivity contribution in [1.82, 2.24) is 10.3 Å². The lowest BCUT2D eigenvalue weighted by molar-refractivity contribution is -0.114. The van der Waals surface area contributed by atoms with E-state index in [1.807, 2.05) is 47.8 Å². The van der Waals surface area contributed by atoms with Crippen LogP contribution in [0.4, 0.5) is 10.8 Å². The summed E-state index contributed by atoms with van der Waals surface area (Å²) in [7, 11) is 0. The predicted octanol–water partition coefficient (Wildman–Crippen LogP) is 7.60. The molecule has 1 heterocycles. The van der Waals surface area contributed by atoms with Crippen molar-refractivity contribution in [3.8, 4) is 11.3 Å². The van der Waals surface area contributed by atoms with Gasteiger partial charge in [0, 0.05) is 32.1 Å². The molecule has 5 rings (SSSR count). The smallest absolute Gasteiger partial charge is 0.272 e. The van der Waals surface area contributed by atoms with Crippen LogP contribution in [0.3, 0.4) is 0 Å². The highest BCUT2D eigenvalue weighted by atomic mass is 35.5. The third-order valence-electron chi connectivity index (χ3n) is 5.99. The number of thiazole rings is 1. The van der Waals surface area contributed by atoms with E-state index in [1.54, 1.807) is 72.8 Å². The Kier molecular flexibility index (Phi) is 10.0. The predicted molar refractivity (Wildman–Crippen MR) is 175 cm³/mol. The van der Waals surface area contributed by atoms with Crippen LogP contribution >= 0.6 is 34.7 Å². The topological polar surface area (TPSA) is 100 Å². The average Bonchev–Trinajstić information content (AvgIpc) is 3.50. The van der Waals surface area contributed by atoms with Crippen LogP contribution in [0.15, 0.2) is 125 Å². The van der Waals surface area contributed by atoms with E-state index in [2.05, 4.69) is 20.9 Å². The normalized spacial score (nSPS) is 11.0. The van der Waals surface area contributed by atoms with Gasteiger partial charge in [-0.2, -0.15) is 0 Å². The average molecular weight is 625 g/mol. The number of amides is 3. The molecule has 0 saturated carbocycles. The SMILES string of the molecule is O=C(CSc1cccc(NC(=O)/C(=C/c2ccc(Cl)cc2)NC(=O)c2ccccc2)c1)Nc1nc(-c2ccccc2)cs1. The van der Waals surface area contributed by atoms with Crippen LogP contribution in [-0.2, 0) is 9.59 Å². The molecule has 1 aromatic heterocycles. The highest BCUT2D eigenvalue weighted by Crippen LogP contribution is 2.26. The van der Waals surface area contributed by atoms with Gasteiger partial charge in [0.05, 0.1) is 11.4 Å². The van der Waals surface area contributed by atoms with Gasteiger partial charge in [-0.3, -0.25) is 14.4 Å². The van der Waals surface area contributed by atoms with E-state index >= 15 is 0 Å². The van der Waals surface area contributed by atoms with Crippen LogP contribution in [0, 0.1) is 0 Å². The van der Waals surface area contributed by atoms with Crippen molar-refractivity contribution >= 4 is 69.3 Å². The van der Waals surface area contributed by atoms with Crippen molar-refractivity contribution in [3.05, 3.63) is 136 Å². The van der Waals surface area contributed by atoms with E-state index < -0.39 is 11.8 Å². The molecule has 0 saturated heterocycles. The van der Waals surface area contributed by atoms with Crippen molar-refractivity contribution < 1.29 is 14.4 Å². The van der Waals surface area contributed by atoms with Gasteiger partial charge in [0.15, 0.2) is 5.13 Å². The first kappa shape index (κ1) is 29.8. The molecule has 0 spiro atoms. The molecule has 0 bridgehead atoms. The van der Waals surface area contributed by atoms with Crippen LogP contribution < -0.4 is 16.0 Å². The van der Waals surface area contributed by atoms with Crippen LogP contribution in [0.2, 0.25) is 5.02 Å². The Balaban J connectivity index is 1.22. The fourth-order valence-electron chi connectivity index (χ4n) is 3.91. The Morgan fingerprint density at radius 2 is 1.56 bits per heavy atom. The molecule has 0 aliphatic heterocycles. The number of rotatable bonds is 10. The first-order valence-electron chi connectivity index (χ1n) is 13.1. The maximum atomic E-state index is 13.3. The van der Waals surface area contributed by atoms with Crippen LogP contribution in [-0.4, -0.2) is 28.5 Å². The van der Waals surface area contributed by atoms with Crippen molar-refractivity contribution in [2.75, 3.05) is 16.4 Å². The summed E-state index contributed by atoms with van der Waals surface area (Å²) in [5.41, 5.74) is 3.47. The number of nitrogens with zero attached hydrogens (tertiary/aromatic N) is 1. The van der Waals surface area contributed by atoms with Gasteiger partial charge in [0.25, 0.3) is 11.8 Å². The first-order chi connectivity index (χ1) is 20.9. The second kappa shape index (κ2) is 14.5. The van der Waals surface area contributed by atoms with E-state index in [9.17, 15) is 14.4 Å². The molecule has 214 valence electrons. The maximum absolute atomic E-state index is 13.3. The molecule has 4 aromatic carbocycles.